The molecule has 2 rings (SSSR count). The van der Waals surface area contributed by atoms with Gasteiger partial charge in [-0.1, -0.05) is 0 Å². The van der Waals surface area contributed by atoms with E-state index in [9.17, 15) is 0 Å². The second-order valence-corrected chi connectivity index (χ2v) is 3.12. The second-order valence-electron chi connectivity index (χ2n) is 3.12. The molecule has 1 saturated carbocycles. The van der Waals surface area contributed by atoms with Gasteiger partial charge < -0.3 is 5.32 Å². The monoisotopic (exact) mass is 147 g/mol. The molecular formula is C7H14ClN. The highest BCUT2D eigenvalue weighted by molar-refractivity contribution is 5.85. The summed E-state index contributed by atoms with van der Waals surface area (Å²) in [6.45, 7) is 1.29. The zero-order valence-corrected chi connectivity index (χ0v) is 6.41. The maximum atomic E-state index is 3.51. The van der Waals surface area contributed by atoms with Gasteiger partial charge in [0.1, 0.15) is 0 Å². The molecule has 0 aromatic carbocycles. The van der Waals surface area contributed by atoms with Crippen LogP contribution in [0.5, 0.6) is 0 Å². The van der Waals surface area contributed by atoms with Gasteiger partial charge in [0.2, 0.25) is 0 Å². The molecule has 2 fully saturated rings. The molecule has 0 spiro atoms. The van der Waals surface area contributed by atoms with Crippen molar-refractivity contribution in [3.63, 3.8) is 0 Å². The molecule has 1 aliphatic carbocycles. The Morgan fingerprint density at radius 2 is 2.00 bits per heavy atom. The molecule has 1 saturated heterocycles. The number of hydrogen-bond donors (Lipinski definition) is 1. The second kappa shape index (κ2) is 2.89. The molecule has 0 amide bonds. The van der Waals surface area contributed by atoms with Crippen LogP contribution in [0.4, 0.5) is 0 Å². The summed E-state index contributed by atoms with van der Waals surface area (Å²) in [7, 11) is 0. The standard InChI is InChI=1S/C7H13N.ClH/c1-2-7-5-6(1)3-4-8-7;/h6-8H,1-5H2;1H/t6-,7-;/m0./s1. The molecule has 0 radical (unpaired) electrons. The van der Waals surface area contributed by atoms with Crippen molar-refractivity contribution < 1.29 is 0 Å². The normalized spacial score (nSPS) is 40.0. The van der Waals surface area contributed by atoms with Gasteiger partial charge in [-0.15, -0.1) is 12.4 Å². The van der Waals surface area contributed by atoms with Crippen LogP contribution >= 0.6 is 12.4 Å². The summed E-state index contributed by atoms with van der Waals surface area (Å²) in [5.74, 6) is 1.10. The fourth-order valence-electron chi connectivity index (χ4n) is 2.01. The highest BCUT2D eigenvalue weighted by atomic mass is 35.5. The summed E-state index contributed by atoms with van der Waals surface area (Å²) in [5, 5.41) is 3.51. The van der Waals surface area contributed by atoms with E-state index in [0.29, 0.717) is 0 Å². The number of hydrogen-bond acceptors (Lipinski definition) is 1. The first-order valence-corrected chi connectivity index (χ1v) is 3.68. The summed E-state index contributed by atoms with van der Waals surface area (Å²) < 4.78 is 0. The maximum Gasteiger partial charge on any atom is 0.00698 e. The zero-order valence-electron chi connectivity index (χ0n) is 5.60. The van der Waals surface area contributed by atoms with Crippen LogP contribution < -0.4 is 5.32 Å². The van der Waals surface area contributed by atoms with Gasteiger partial charge in [0.05, 0.1) is 0 Å². The Kier molecular flexibility index (Phi) is 2.36. The number of halogens is 1. The quantitative estimate of drug-likeness (QED) is 0.549. The van der Waals surface area contributed by atoms with Crippen LogP contribution in [0.2, 0.25) is 0 Å². The van der Waals surface area contributed by atoms with E-state index in [-0.39, 0.29) is 12.4 Å². The smallest absolute Gasteiger partial charge is 0.00698 e. The van der Waals surface area contributed by atoms with Crippen LogP contribution in [0.3, 0.4) is 0 Å². The van der Waals surface area contributed by atoms with Crippen LogP contribution in [-0.4, -0.2) is 12.6 Å². The van der Waals surface area contributed by atoms with Crippen LogP contribution in [0.15, 0.2) is 0 Å². The summed E-state index contributed by atoms with van der Waals surface area (Å²) >= 11 is 0. The van der Waals surface area contributed by atoms with E-state index in [0.717, 1.165) is 12.0 Å². The molecule has 54 valence electrons. The number of rotatable bonds is 0. The summed E-state index contributed by atoms with van der Waals surface area (Å²) in [6.07, 6.45) is 5.86. The number of fused-ring (bicyclic) bond motifs is 2. The molecule has 0 aromatic rings. The maximum absolute atomic E-state index is 3.51. The lowest BCUT2D eigenvalue weighted by molar-refractivity contribution is 0.391. The van der Waals surface area contributed by atoms with Crippen LogP contribution in [0.25, 0.3) is 0 Å². The Balaban J connectivity index is 0.000000405. The molecule has 2 atom stereocenters. The molecule has 0 aromatic heterocycles. The number of nitrogens with one attached hydrogen (secondary N) is 1. The lowest BCUT2D eigenvalue weighted by Crippen LogP contribution is -2.31. The van der Waals surface area contributed by atoms with Gasteiger partial charge in [-0.25, -0.2) is 0 Å². The first-order chi connectivity index (χ1) is 3.95. The van der Waals surface area contributed by atoms with Crippen molar-refractivity contribution in [2.45, 2.75) is 31.7 Å². The molecule has 0 unspecified atom stereocenters. The van der Waals surface area contributed by atoms with Gasteiger partial charge in [0, 0.05) is 6.04 Å². The molecule has 1 heterocycles. The highest BCUT2D eigenvalue weighted by Gasteiger charge is 2.27. The minimum absolute atomic E-state index is 0. The van der Waals surface area contributed by atoms with Gasteiger partial charge in [0.25, 0.3) is 0 Å². The van der Waals surface area contributed by atoms with Gasteiger partial charge in [-0.3, -0.25) is 0 Å². The zero-order chi connectivity index (χ0) is 5.40. The van der Waals surface area contributed by atoms with Crippen LogP contribution in [0, 0.1) is 5.92 Å². The van der Waals surface area contributed by atoms with Gasteiger partial charge in [-0.2, -0.15) is 0 Å². The fraction of sp³-hybridized carbons (Fsp3) is 1.00. The van der Waals surface area contributed by atoms with Crippen molar-refractivity contribution in [1.29, 1.82) is 0 Å². The predicted molar refractivity (Wildman–Crippen MR) is 41.0 cm³/mol. The molecule has 1 nitrogen and oxygen atoms in total. The topological polar surface area (TPSA) is 12.0 Å². The molecule has 2 heteroatoms. The van der Waals surface area contributed by atoms with Crippen LogP contribution in [-0.2, 0) is 0 Å². The highest BCUT2D eigenvalue weighted by Crippen LogP contribution is 2.30. The SMILES string of the molecule is C1C[C@@H]2CC[C@@H](C2)N1.Cl. The van der Waals surface area contributed by atoms with Gasteiger partial charge in [0.15, 0.2) is 0 Å². The summed E-state index contributed by atoms with van der Waals surface area (Å²) in [6, 6.07) is 0.911. The summed E-state index contributed by atoms with van der Waals surface area (Å²) in [5.41, 5.74) is 0. The van der Waals surface area contributed by atoms with Crippen LogP contribution in [0.1, 0.15) is 25.7 Å². The lowest BCUT2D eigenvalue weighted by Gasteiger charge is -2.19. The Morgan fingerprint density at radius 1 is 1.11 bits per heavy atom. The molecule has 2 aliphatic rings. The minimum atomic E-state index is 0. The Bertz CT molecular complexity index is 80.9. The van der Waals surface area contributed by atoms with Crippen molar-refractivity contribution in [3.05, 3.63) is 0 Å². The average Bonchev–Trinajstić information content (AvgIpc) is 2.12. The van der Waals surface area contributed by atoms with E-state index in [4.69, 9.17) is 0 Å². The first kappa shape index (κ1) is 7.36. The Morgan fingerprint density at radius 3 is 2.67 bits per heavy atom. The summed E-state index contributed by atoms with van der Waals surface area (Å²) in [4.78, 5) is 0. The largest absolute Gasteiger partial charge is 0.314 e. The van der Waals surface area contributed by atoms with Crippen molar-refractivity contribution >= 4 is 12.4 Å². The third-order valence-corrected chi connectivity index (χ3v) is 2.53. The molecule has 9 heavy (non-hydrogen) atoms. The van der Waals surface area contributed by atoms with E-state index in [2.05, 4.69) is 5.32 Å². The first-order valence-electron chi connectivity index (χ1n) is 3.68. The molecule has 1 aliphatic heterocycles. The van der Waals surface area contributed by atoms with E-state index < -0.39 is 0 Å². The Hall–Kier alpha value is 0.250. The van der Waals surface area contributed by atoms with Crippen molar-refractivity contribution in [2.24, 2.45) is 5.92 Å². The average molecular weight is 148 g/mol. The van der Waals surface area contributed by atoms with E-state index >= 15 is 0 Å². The van der Waals surface area contributed by atoms with Crippen molar-refractivity contribution in [2.75, 3.05) is 6.54 Å². The molecule has 1 N–H and O–H groups in total. The Labute approximate surface area is 62.6 Å². The third-order valence-electron chi connectivity index (χ3n) is 2.53. The minimum Gasteiger partial charge on any atom is -0.314 e. The number of piperidine rings is 1. The lowest BCUT2D eigenvalue weighted by atomic mass is 10.0. The third kappa shape index (κ3) is 1.39. The predicted octanol–water partition coefficient (Wildman–Crippen LogP) is 1.57. The van der Waals surface area contributed by atoms with Gasteiger partial charge in [-0.05, 0) is 38.1 Å². The van der Waals surface area contributed by atoms with E-state index in [1.807, 2.05) is 0 Å². The molecular weight excluding hydrogens is 134 g/mol. The van der Waals surface area contributed by atoms with E-state index in [1.54, 1.807) is 0 Å². The van der Waals surface area contributed by atoms with Gasteiger partial charge >= 0.3 is 0 Å². The van der Waals surface area contributed by atoms with E-state index in [1.165, 1.54) is 32.2 Å². The van der Waals surface area contributed by atoms with Crippen molar-refractivity contribution in [1.82, 2.24) is 5.32 Å². The van der Waals surface area contributed by atoms with Crippen molar-refractivity contribution in [3.8, 4) is 0 Å². The molecule has 2 bridgehead atoms. The fourth-order valence-corrected chi connectivity index (χ4v) is 2.01.